The molecule has 0 spiro atoms. The van der Waals surface area contributed by atoms with E-state index >= 15 is 0 Å². The van der Waals surface area contributed by atoms with Crippen LogP contribution in [-0.2, 0) is 24.3 Å². The smallest absolute Gasteiger partial charge is 0.307 e. The molecule has 1 N–H and O–H groups in total. The van der Waals surface area contributed by atoms with Crippen molar-refractivity contribution in [2.24, 2.45) is 0 Å². The van der Waals surface area contributed by atoms with E-state index in [9.17, 15) is 18.0 Å². The van der Waals surface area contributed by atoms with Crippen LogP contribution in [0.5, 0.6) is 0 Å². The van der Waals surface area contributed by atoms with Crippen LogP contribution in [0.2, 0.25) is 0 Å². The van der Waals surface area contributed by atoms with Crippen LogP contribution in [0.1, 0.15) is 12.8 Å². The number of sulfonamides is 1. The number of ether oxygens (including phenoxy) is 1. The lowest BCUT2D eigenvalue weighted by molar-refractivity contribution is -0.141. The summed E-state index contributed by atoms with van der Waals surface area (Å²) in [5.41, 5.74) is 0. The third kappa shape index (κ3) is 6.67. The van der Waals surface area contributed by atoms with Gasteiger partial charge in [0, 0.05) is 31.0 Å². The molecule has 0 radical (unpaired) electrons. The molecule has 0 atom stereocenters. The van der Waals surface area contributed by atoms with E-state index in [1.54, 1.807) is 19.2 Å². The Morgan fingerprint density at radius 2 is 1.83 bits per heavy atom. The number of hydrogen-bond donors (Lipinski definition) is 1. The van der Waals surface area contributed by atoms with Gasteiger partial charge < -0.3 is 9.64 Å². The first kappa shape index (κ1) is 19.6. The fourth-order valence-corrected chi connectivity index (χ4v) is 2.96. The number of benzene rings is 1. The molecule has 1 amide bonds. The predicted octanol–water partition coefficient (Wildman–Crippen LogP) is 1.14. The van der Waals surface area contributed by atoms with Crippen LogP contribution in [0, 0.1) is 0 Å². The zero-order chi connectivity index (χ0) is 17.5. The van der Waals surface area contributed by atoms with Gasteiger partial charge in [-0.2, -0.15) is 0 Å². The lowest BCUT2D eigenvalue weighted by atomic mass is 10.3. The third-order valence-corrected chi connectivity index (χ3v) is 5.07. The van der Waals surface area contributed by atoms with Crippen LogP contribution >= 0.6 is 15.9 Å². The highest BCUT2D eigenvalue weighted by atomic mass is 79.9. The molecule has 0 saturated heterocycles. The Balaban J connectivity index is 2.44. The summed E-state index contributed by atoms with van der Waals surface area (Å²) in [5, 5.41) is 0. The number of halogens is 1. The molecule has 23 heavy (non-hydrogen) atoms. The zero-order valence-electron chi connectivity index (χ0n) is 12.9. The normalized spacial score (nSPS) is 11.1. The van der Waals surface area contributed by atoms with Gasteiger partial charge in [0.15, 0.2) is 0 Å². The number of nitrogens with zero attached hydrogens (tertiary/aromatic N) is 1. The molecule has 0 aliphatic rings. The Labute approximate surface area is 144 Å². The molecule has 1 rings (SSSR count). The molecule has 0 aliphatic heterocycles. The highest BCUT2D eigenvalue weighted by molar-refractivity contribution is 9.10. The van der Waals surface area contributed by atoms with E-state index in [-0.39, 0.29) is 36.7 Å². The highest BCUT2D eigenvalue weighted by Gasteiger charge is 2.15. The standard InChI is InChI=1S/C14H19BrN2O5S/c1-17(10-8-14(19)22-2)13(18)7-9-16-23(20,21)12-5-3-11(15)4-6-12/h3-6,16H,7-10H2,1-2H3. The summed E-state index contributed by atoms with van der Waals surface area (Å²) in [4.78, 5) is 24.4. The van der Waals surface area contributed by atoms with Crippen LogP contribution in [0.4, 0.5) is 0 Å². The second-order valence-corrected chi connectivity index (χ2v) is 7.43. The molecular formula is C14H19BrN2O5S. The number of carbonyl (C=O) groups excluding carboxylic acids is 2. The minimum atomic E-state index is -3.64. The molecule has 1 aromatic carbocycles. The SMILES string of the molecule is COC(=O)CCN(C)C(=O)CCNS(=O)(=O)c1ccc(Br)cc1. The van der Waals surface area contributed by atoms with Crippen molar-refractivity contribution in [3.8, 4) is 0 Å². The summed E-state index contributed by atoms with van der Waals surface area (Å²) in [6.07, 6.45) is 0.108. The number of nitrogens with one attached hydrogen (secondary N) is 1. The molecule has 1 aromatic rings. The average molecular weight is 407 g/mol. The first-order valence-electron chi connectivity index (χ1n) is 6.82. The molecule has 0 bridgehead atoms. The Bertz CT molecular complexity index is 646. The van der Waals surface area contributed by atoms with Crippen molar-refractivity contribution in [3.63, 3.8) is 0 Å². The van der Waals surface area contributed by atoms with E-state index in [4.69, 9.17) is 0 Å². The van der Waals surface area contributed by atoms with Gasteiger partial charge in [-0.25, -0.2) is 13.1 Å². The van der Waals surface area contributed by atoms with Crippen molar-refractivity contribution < 1.29 is 22.7 Å². The maximum Gasteiger partial charge on any atom is 0.307 e. The van der Waals surface area contributed by atoms with Crippen molar-refractivity contribution in [1.82, 2.24) is 9.62 Å². The molecule has 0 aliphatic carbocycles. The maximum absolute atomic E-state index is 12.0. The monoisotopic (exact) mass is 406 g/mol. The largest absolute Gasteiger partial charge is 0.469 e. The lowest BCUT2D eigenvalue weighted by Crippen LogP contribution is -2.33. The molecule has 0 unspecified atom stereocenters. The minimum absolute atomic E-state index is 0.00737. The first-order chi connectivity index (χ1) is 10.8. The molecular weight excluding hydrogens is 388 g/mol. The second kappa shape index (κ2) is 8.99. The lowest BCUT2D eigenvalue weighted by Gasteiger charge is -2.16. The number of amides is 1. The van der Waals surface area contributed by atoms with Gasteiger partial charge in [-0.15, -0.1) is 0 Å². The molecule has 0 aromatic heterocycles. The first-order valence-corrected chi connectivity index (χ1v) is 9.10. The molecule has 0 fully saturated rings. The minimum Gasteiger partial charge on any atom is -0.469 e. The van der Waals surface area contributed by atoms with Gasteiger partial charge in [-0.1, -0.05) is 15.9 Å². The van der Waals surface area contributed by atoms with Crippen molar-refractivity contribution in [3.05, 3.63) is 28.7 Å². The number of carbonyl (C=O) groups is 2. The van der Waals surface area contributed by atoms with Gasteiger partial charge in [0.1, 0.15) is 0 Å². The van der Waals surface area contributed by atoms with E-state index in [0.29, 0.717) is 0 Å². The van der Waals surface area contributed by atoms with Gasteiger partial charge in [-0.05, 0) is 24.3 Å². The fraction of sp³-hybridized carbons (Fsp3) is 0.429. The summed E-state index contributed by atoms with van der Waals surface area (Å²) in [7, 11) is -0.815. The second-order valence-electron chi connectivity index (χ2n) is 4.74. The van der Waals surface area contributed by atoms with Gasteiger partial charge in [-0.3, -0.25) is 9.59 Å². The Morgan fingerprint density at radius 3 is 2.39 bits per heavy atom. The van der Waals surface area contributed by atoms with E-state index in [2.05, 4.69) is 25.4 Å². The Kier molecular flexibility index (Phi) is 7.66. The van der Waals surface area contributed by atoms with E-state index in [1.165, 1.54) is 24.1 Å². The van der Waals surface area contributed by atoms with E-state index < -0.39 is 16.0 Å². The van der Waals surface area contributed by atoms with Crippen molar-refractivity contribution in [2.45, 2.75) is 17.7 Å². The Morgan fingerprint density at radius 1 is 1.22 bits per heavy atom. The van der Waals surface area contributed by atoms with Gasteiger partial charge in [0.05, 0.1) is 18.4 Å². The van der Waals surface area contributed by atoms with Crippen LogP contribution in [0.15, 0.2) is 33.6 Å². The van der Waals surface area contributed by atoms with Crippen LogP contribution in [-0.4, -0.2) is 52.4 Å². The summed E-state index contributed by atoms with van der Waals surface area (Å²) >= 11 is 3.23. The Hall–Kier alpha value is -1.45. The topological polar surface area (TPSA) is 92.8 Å². The highest BCUT2D eigenvalue weighted by Crippen LogP contribution is 2.14. The van der Waals surface area contributed by atoms with Crippen LogP contribution in [0.25, 0.3) is 0 Å². The molecule has 0 saturated carbocycles. The van der Waals surface area contributed by atoms with Gasteiger partial charge >= 0.3 is 5.97 Å². The maximum atomic E-state index is 12.0. The van der Waals surface area contributed by atoms with Crippen molar-refractivity contribution in [2.75, 3.05) is 27.2 Å². The molecule has 7 nitrogen and oxygen atoms in total. The van der Waals surface area contributed by atoms with Crippen molar-refractivity contribution >= 4 is 37.8 Å². The van der Waals surface area contributed by atoms with Gasteiger partial charge in [0.25, 0.3) is 0 Å². The third-order valence-electron chi connectivity index (χ3n) is 3.06. The van der Waals surface area contributed by atoms with E-state index in [1.807, 2.05) is 0 Å². The van der Waals surface area contributed by atoms with Crippen molar-refractivity contribution in [1.29, 1.82) is 0 Å². The molecule has 128 valence electrons. The molecule has 0 heterocycles. The van der Waals surface area contributed by atoms with Crippen LogP contribution < -0.4 is 4.72 Å². The summed E-state index contributed by atoms with van der Waals surface area (Å²) in [6.45, 7) is 0.213. The number of rotatable bonds is 8. The summed E-state index contributed by atoms with van der Waals surface area (Å²) in [5.74, 6) is -0.659. The fourth-order valence-electron chi connectivity index (χ4n) is 1.67. The number of esters is 1. The quantitative estimate of drug-likeness (QED) is 0.653. The number of hydrogen-bond acceptors (Lipinski definition) is 5. The summed E-state index contributed by atoms with van der Waals surface area (Å²) in [6, 6.07) is 6.19. The molecule has 9 heteroatoms. The number of methoxy groups -OCH3 is 1. The average Bonchev–Trinajstić information content (AvgIpc) is 2.52. The zero-order valence-corrected chi connectivity index (χ0v) is 15.3. The van der Waals surface area contributed by atoms with Gasteiger partial charge in [0.2, 0.25) is 15.9 Å². The van der Waals surface area contributed by atoms with E-state index in [0.717, 1.165) is 4.47 Å². The van der Waals surface area contributed by atoms with Crippen LogP contribution in [0.3, 0.4) is 0 Å². The predicted molar refractivity (Wildman–Crippen MR) is 88.2 cm³/mol. The summed E-state index contributed by atoms with van der Waals surface area (Å²) < 4.78 is 31.7.